The maximum Gasteiger partial charge on any atom is -0.0345 e. The SMILES string of the molecule is CCCCC=CC(C)=CCCCCCC. The minimum atomic E-state index is 1.23. The minimum absolute atomic E-state index is 1.23. The Hall–Kier alpha value is -0.520. The molecule has 0 aromatic rings. The zero-order chi connectivity index (χ0) is 11.4. The molecule has 0 aliphatic carbocycles. The first kappa shape index (κ1) is 14.5. The van der Waals surface area contributed by atoms with Crippen LogP contribution in [0, 0.1) is 0 Å². The monoisotopic (exact) mass is 208 g/mol. The third kappa shape index (κ3) is 11.4. The highest BCUT2D eigenvalue weighted by Gasteiger charge is 1.86. The van der Waals surface area contributed by atoms with Gasteiger partial charge in [-0.2, -0.15) is 0 Å². The molecule has 0 aliphatic heterocycles. The van der Waals surface area contributed by atoms with E-state index in [2.05, 4.69) is 39.0 Å². The van der Waals surface area contributed by atoms with E-state index in [-0.39, 0.29) is 0 Å². The summed E-state index contributed by atoms with van der Waals surface area (Å²) in [4.78, 5) is 0. The topological polar surface area (TPSA) is 0 Å². The number of unbranched alkanes of at least 4 members (excludes halogenated alkanes) is 6. The van der Waals surface area contributed by atoms with Crippen LogP contribution in [0.3, 0.4) is 0 Å². The number of allylic oxidation sites excluding steroid dienone is 4. The summed E-state index contributed by atoms with van der Waals surface area (Å²) in [5.74, 6) is 0. The van der Waals surface area contributed by atoms with Gasteiger partial charge in [-0.05, 0) is 26.2 Å². The fraction of sp³-hybridized carbons (Fsp3) is 0.733. The van der Waals surface area contributed by atoms with Gasteiger partial charge in [0.1, 0.15) is 0 Å². The summed E-state index contributed by atoms with van der Waals surface area (Å²) in [7, 11) is 0. The van der Waals surface area contributed by atoms with Crippen LogP contribution in [0.25, 0.3) is 0 Å². The average Bonchev–Trinajstić information content (AvgIpc) is 2.24. The van der Waals surface area contributed by atoms with Gasteiger partial charge in [-0.3, -0.25) is 0 Å². The van der Waals surface area contributed by atoms with Crippen LogP contribution in [-0.2, 0) is 0 Å². The standard InChI is InChI=1S/C15H28/c1-4-6-8-10-12-14-15(3)13-11-9-7-5-2/h11,13-14H,4-10,12H2,1-3H3. The number of rotatable bonds is 9. The lowest BCUT2D eigenvalue weighted by molar-refractivity contribution is 0.673. The van der Waals surface area contributed by atoms with Gasteiger partial charge in [0.2, 0.25) is 0 Å². The Kier molecular flexibility index (Phi) is 11.2. The van der Waals surface area contributed by atoms with Gasteiger partial charge in [0.05, 0.1) is 0 Å². The van der Waals surface area contributed by atoms with E-state index >= 15 is 0 Å². The smallest absolute Gasteiger partial charge is 0.0345 e. The van der Waals surface area contributed by atoms with Crippen molar-refractivity contribution in [3.05, 3.63) is 23.8 Å². The van der Waals surface area contributed by atoms with E-state index in [4.69, 9.17) is 0 Å². The molecule has 0 bridgehead atoms. The molecule has 15 heavy (non-hydrogen) atoms. The van der Waals surface area contributed by atoms with Gasteiger partial charge in [-0.1, -0.05) is 69.8 Å². The normalized spacial score (nSPS) is 12.6. The lowest BCUT2D eigenvalue weighted by Crippen LogP contribution is -1.76. The number of hydrogen-bond donors (Lipinski definition) is 0. The van der Waals surface area contributed by atoms with Crippen molar-refractivity contribution in [2.45, 2.75) is 72.1 Å². The molecule has 0 aliphatic rings. The molecule has 0 N–H and O–H groups in total. The fourth-order valence-electron chi connectivity index (χ4n) is 1.56. The van der Waals surface area contributed by atoms with Crippen molar-refractivity contribution in [1.82, 2.24) is 0 Å². The molecule has 0 heteroatoms. The predicted molar refractivity (Wildman–Crippen MR) is 71.2 cm³/mol. The lowest BCUT2D eigenvalue weighted by atomic mass is 10.1. The van der Waals surface area contributed by atoms with Crippen LogP contribution in [-0.4, -0.2) is 0 Å². The van der Waals surface area contributed by atoms with Crippen LogP contribution in [0.15, 0.2) is 23.8 Å². The summed E-state index contributed by atoms with van der Waals surface area (Å²) in [6.07, 6.45) is 17.5. The Labute approximate surface area is 96.5 Å². The van der Waals surface area contributed by atoms with Crippen molar-refractivity contribution in [2.75, 3.05) is 0 Å². The fourth-order valence-corrected chi connectivity index (χ4v) is 1.56. The van der Waals surface area contributed by atoms with E-state index < -0.39 is 0 Å². The Morgan fingerprint density at radius 3 is 2.27 bits per heavy atom. The molecular weight excluding hydrogens is 180 g/mol. The molecule has 0 amide bonds. The van der Waals surface area contributed by atoms with Crippen LogP contribution in [0.4, 0.5) is 0 Å². The third-order valence-electron chi connectivity index (χ3n) is 2.63. The molecule has 0 unspecified atom stereocenters. The van der Waals surface area contributed by atoms with Gasteiger partial charge < -0.3 is 0 Å². The molecular formula is C15H28. The van der Waals surface area contributed by atoms with Gasteiger partial charge in [0.25, 0.3) is 0 Å². The van der Waals surface area contributed by atoms with E-state index in [1.54, 1.807) is 0 Å². The second kappa shape index (κ2) is 11.6. The number of hydrogen-bond acceptors (Lipinski definition) is 0. The Morgan fingerprint density at radius 1 is 0.867 bits per heavy atom. The first-order chi connectivity index (χ1) is 7.31. The molecule has 88 valence electrons. The molecule has 0 atom stereocenters. The summed E-state index contributed by atoms with van der Waals surface area (Å²) in [5.41, 5.74) is 1.43. The van der Waals surface area contributed by atoms with E-state index in [1.807, 2.05) is 0 Å². The summed E-state index contributed by atoms with van der Waals surface area (Å²) >= 11 is 0. The Morgan fingerprint density at radius 2 is 1.60 bits per heavy atom. The van der Waals surface area contributed by atoms with E-state index in [1.165, 1.54) is 56.9 Å². The molecule has 0 saturated carbocycles. The second-order valence-electron chi connectivity index (χ2n) is 4.34. The third-order valence-corrected chi connectivity index (χ3v) is 2.63. The minimum Gasteiger partial charge on any atom is -0.0843 e. The van der Waals surface area contributed by atoms with E-state index in [0.717, 1.165) is 0 Å². The Balaban J connectivity index is 3.46. The largest absolute Gasteiger partial charge is 0.0843 e. The van der Waals surface area contributed by atoms with Gasteiger partial charge in [0, 0.05) is 0 Å². The maximum atomic E-state index is 2.37. The maximum absolute atomic E-state index is 2.37. The van der Waals surface area contributed by atoms with Crippen LogP contribution < -0.4 is 0 Å². The average molecular weight is 208 g/mol. The zero-order valence-electron chi connectivity index (χ0n) is 10.9. The highest BCUT2D eigenvalue weighted by Crippen LogP contribution is 2.06. The van der Waals surface area contributed by atoms with E-state index in [0.29, 0.717) is 0 Å². The zero-order valence-corrected chi connectivity index (χ0v) is 10.9. The molecule has 0 fully saturated rings. The molecule has 0 saturated heterocycles. The molecule has 0 rings (SSSR count). The van der Waals surface area contributed by atoms with Crippen molar-refractivity contribution in [1.29, 1.82) is 0 Å². The van der Waals surface area contributed by atoms with Gasteiger partial charge in [-0.25, -0.2) is 0 Å². The molecule has 0 radical (unpaired) electrons. The molecule has 0 aromatic heterocycles. The Bertz CT molecular complexity index is 174. The van der Waals surface area contributed by atoms with Crippen LogP contribution in [0.5, 0.6) is 0 Å². The van der Waals surface area contributed by atoms with Crippen molar-refractivity contribution in [3.8, 4) is 0 Å². The van der Waals surface area contributed by atoms with E-state index in [9.17, 15) is 0 Å². The lowest BCUT2D eigenvalue weighted by Gasteiger charge is -1.96. The van der Waals surface area contributed by atoms with Crippen LogP contribution in [0.1, 0.15) is 72.1 Å². The predicted octanol–water partition coefficient (Wildman–Crippen LogP) is 5.65. The summed E-state index contributed by atoms with van der Waals surface area (Å²) in [6, 6.07) is 0. The molecule has 0 nitrogen and oxygen atoms in total. The van der Waals surface area contributed by atoms with Crippen molar-refractivity contribution in [3.63, 3.8) is 0 Å². The first-order valence-corrected chi connectivity index (χ1v) is 6.64. The van der Waals surface area contributed by atoms with Gasteiger partial charge in [-0.15, -0.1) is 0 Å². The quantitative estimate of drug-likeness (QED) is 0.339. The van der Waals surface area contributed by atoms with Gasteiger partial charge >= 0.3 is 0 Å². The summed E-state index contributed by atoms with van der Waals surface area (Å²) in [6.45, 7) is 6.71. The molecule has 0 heterocycles. The van der Waals surface area contributed by atoms with Crippen molar-refractivity contribution >= 4 is 0 Å². The second-order valence-corrected chi connectivity index (χ2v) is 4.34. The molecule has 0 aromatic carbocycles. The van der Waals surface area contributed by atoms with Crippen LogP contribution >= 0.6 is 0 Å². The first-order valence-electron chi connectivity index (χ1n) is 6.64. The summed E-state index contributed by atoms with van der Waals surface area (Å²) < 4.78 is 0. The highest BCUT2D eigenvalue weighted by atomic mass is 13.9. The highest BCUT2D eigenvalue weighted by molar-refractivity contribution is 5.15. The summed E-state index contributed by atoms with van der Waals surface area (Å²) in [5, 5.41) is 0. The molecule has 0 spiro atoms. The van der Waals surface area contributed by atoms with Gasteiger partial charge in [0.15, 0.2) is 0 Å². The van der Waals surface area contributed by atoms with Crippen molar-refractivity contribution in [2.24, 2.45) is 0 Å². The van der Waals surface area contributed by atoms with Crippen molar-refractivity contribution < 1.29 is 0 Å². The van der Waals surface area contributed by atoms with Crippen LogP contribution in [0.2, 0.25) is 0 Å².